The second-order valence-electron chi connectivity index (χ2n) is 4.04. The molecule has 5 heteroatoms. The second kappa shape index (κ2) is 4.69. The summed E-state index contributed by atoms with van der Waals surface area (Å²) in [5.41, 5.74) is 2.57. The Hall–Kier alpha value is -0.830. The van der Waals surface area contributed by atoms with E-state index in [0.29, 0.717) is 11.3 Å². The summed E-state index contributed by atoms with van der Waals surface area (Å²) < 4.78 is -1.96. The number of nitrogens with zero attached hydrogens (tertiary/aromatic N) is 1. The molecule has 0 bridgehead atoms. The number of Topliss-reactive ketones (excluding diaryl/α,β-unsaturated/α-hetero) is 1. The molecule has 0 N–H and O–H groups in total. The molecule has 0 spiro atoms. The third-order valence-electron chi connectivity index (χ3n) is 2.82. The molecule has 0 saturated carbocycles. The van der Waals surface area contributed by atoms with E-state index in [-0.39, 0.29) is 0 Å². The number of ketones is 1. The number of aromatic nitrogens is 1. The Morgan fingerprint density at radius 1 is 1.17 bits per heavy atom. The minimum absolute atomic E-state index is 0.383. The first-order chi connectivity index (χ1) is 8.32. The summed E-state index contributed by atoms with van der Waals surface area (Å²) >= 11 is 17.0. The van der Waals surface area contributed by atoms with Crippen molar-refractivity contribution in [3.63, 3.8) is 0 Å². The fourth-order valence-electron chi connectivity index (χ4n) is 2.01. The maximum absolute atomic E-state index is 12.1. The normalized spacial score (nSPS) is 11.8. The van der Waals surface area contributed by atoms with E-state index < -0.39 is 9.58 Å². The zero-order chi connectivity index (χ0) is 13.5. The van der Waals surface area contributed by atoms with Gasteiger partial charge in [0.2, 0.25) is 5.78 Å². The third-order valence-corrected chi connectivity index (χ3v) is 3.33. The van der Waals surface area contributed by atoms with Gasteiger partial charge in [0.05, 0.1) is 5.52 Å². The highest BCUT2D eigenvalue weighted by Crippen LogP contribution is 2.34. The van der Waals surface area contributed by atoms with Gasteiger partial charge in [0.25, 0.3) is 3.79 Å². The van der Waals surface area contributed by atoms with Crippen LogP contribution in [0.15, 0.2) is 24.3 Å². The average molecular weight is 303 g/mol. The van der Waals surface area contributed by atoms with Gasteiger partial charge >= 0.3 is 0 Å². The molecule has 2 rings (SSSR count). The fraction of sp³-hybridized carbons (Fsp3) is 0.231. The maximum atomic E-state index is 12.1. The number of carbonyl (C=O) groups excluding carboxylic acids is 1. The van der Waals surface area contributed by atoms with Gasteiger partial charge < -0.3 is 0 Å². The molecule has 0 aliphatic carbocycles. The lowest BCUT2D eigenvalue weighted by Gasteiger charge is -2.15. The van der Waals surface area contributed by atoms with E-state index in [0.717, 1.165) is 16.5 Å². The number of alkyl halides is 3. The number of pyridine rings is 1. The number of hydrogen-bond donors (Lipinski definition) is 0. The highest BCUT2D eigenvalue weighted by Gasteiger charge is 2.34. The lowest BCUT2D eigenvalue weighted by Crippen LogP contribution is -2.21. The summed E-state index contributed by atoms with van der Waals surface area (Å²) in [6.45, 7) is 3.57. The van der Waals surface area contributed by atoms with Gasteiger partial charge in [-0.1, -0.05) is 53.0 Å². The smallest absolute Gasteiger partial charge is 0.253 e. The first-order valence-corrected chi connectivity index (χ1v) is 6.43. The standard InChI is InChI=1S/C13H10Cl3NO/c1-7-9-5-3-4-6-10(9)17-8(2)11(7)12(18)13(14,15)16/h3-6H,1-2H3. The van der Waals surface area contributed by atoms with Crippen molar-refractivity contribution in [3.05, 3.63) is 41.1 Å². The summed E-state index contributed by atoms with van der Waals surface area (Å²) in [4.78, 5) is 16.5. The average Bonchev–Trinajstić information content (AvgIpc) is 2.27. The van der Waals surface area contributed by atoms with Gasteiger partial charge in [0.1, 0.15) is 0 Å². The molecule has 1 aromatic carbocycles. The molecule has 94 valence electrons. The summed E-state index contributed by atoms with van der Waals surface area (Å²) in [7, 11) is 0. The highest BCUT2D eigenvalue weighted by atomic mass is 35.6. The number of hydrogen-bond acceptors (Lipinski definition) is 2. The van der Waals surface area contributed by atoms with E-state index in [1.54, 1.807) is 6.92 Å². The van der Waals surface area contributed by atoms with Crippen LogP contribution in [0.4, 0.5) is 0 Å². The number of para-hydroxylation sites is 1. The minimum Gasteiger partial charge on any atom is -0.289 e. The Morgan fingerprint density at radius 3 is 2.39 bits per heavy atom. The van der Waals surface area contributed by atoms with E-state index in [1.807, 2.05) is 31.2 Å². The first kappa shape index (κ1) is 13.6. The maximum Gasteiger partial charge on any atom is 0.253 e. The molecule has 0 amide bonds. The number of rotatable bonds is 1. The Bertz CT molecular complexity index is 632. The summed E-state index contributed by atoms with van der Waals surface area (Å²) in [5, 5.41) is 0.890. The Morgan fingerprint density at radius 2 is 1.78 bits per heavy atom. The third kappa shape index (κ3) is 2.33. The topological polar surface area (TPSA) is 30.0 Å². The van der Waals surface area contributed by atoms with E-state index >= 15 is 0 Å². The van der Waals surface area contributed by atoms with Crippen molar-refractivity contribution >= 4 is 51.5 Å². The van der Waals surface area contributed by atoms with Crippen LogP contribution in [0.25, 0.3) is 10.9 Å². The van der Waals surface area contributed by atoms with E-state index in [1.165, 1.54) is 0 Å². The second-order valence-corrected chi connectivity index (χ2v) is 6.32. The molecule has 1 aromatic heterocycles. The molecular formula is C13H10Cl3NO. The van der Waals surface area contributed by atoms with Crippen LogP contribution in [0.3, 0.4) is 0 Å². The molecule has 0 radical (unpaired) electrons. The molecule has 2 aromatic rings. The summed E-state index contributed by atoms with van der Waals surface area (Å²) in [6, 6.07) is 7.56. The molecule has 0 aliphatic heterocycles. The van der Waals surface area contributed by atoms with Crippen molar-refractivity contribution in [3.8, 4) is 0 Å². The number of carbonyl (C=O) groups is 1. The van der Waals surface area contributed by atoms with Crippen LogP contribution >= 0.6 is 34.8 Å². The molecular weight excluding hydrogens is 293 g/mol. The molecule has 0 saturated heterocycles. The number of benzene rings is 1. The van der Waals surface area contributed by atoms with Crippen LogP contribution in [0.1, 0.15) is 21.6 Å². The van der Waals surface area contributed by atoms with Gasteiger partial charge in [-0.15, -0.1) is 0 Å². The molecule has 0 fully saturated rings. The minimum atomic E-state index is -1.96. The lowest BCUT2D eigenvalue weighted by molar-refractivity contribution is 0.0995. The van der Waals surface area contributed by atoms with Crippen LogP contribution in [0.5, 0.6) is 0 Å². The summed E-state index contributed by atoms with van der Waals surface area (Å²) in [5.74, 6) is -0.541. The van der Waals surface area contributed by atoms with E-state index in [2.05, 4.69) is 4.98 Å². The zero-order valence-electron chi connectivity index (χ0n) is 9.80. The predicted octanol–water partition coefficient (Wildman–Crippen LogP) is 4.40. The zero-order valence-corrected chi connectivity index (χ0v) is 12.1. The van der Waals surface area contributed by atoms with Crippen molar-refractivity contribution in [2.75, 3.05) is 0 Å². The van der Waals surface area contributed by atoms with Gasteiger partial charge in [0, 0.05) is 16.6 Å². The van der Waals surface area contributed by atoms with Crippen molar-refractivity contribution in [1.29, 1.82) is 0 Å². The van der Waals surface area contributed by atoms with Gasteiger partial charge in [-0.3, -0.25) is 9.78 Å². The van der Waals surface area contributed by atoms with Crippen molar-refractivity contribution < 1.29 is 4.79 Å². The van der Waals surface area contributed by atoms with Crippen LogP contribution in [-0.4, -0.2) is 14.6 Å². The Labute approximate surface area is 120 Å². The summed E-state index contributed by atoms with van der Waals surface area (Å²) in [6.07, 6.45) is 0. The quantitative estimate of drug-likeness (QED) is 0.577. The molecule has 0 unspecified atom stereocenters. The van der Waals surface area contributed by atoms with Gasteiger partial charge in [-0.25, -0.2) is 0 Å². The Balaban J connectivity index is 2.76. The van der Waals surface area contributed by atoms with Crippen molar-refractivity contribution in [2.45, 2.75) is 17.6 Å². The van der Waals surface area contributed by atoms with Gasteiger partial charge in [-0.05, 0) is 25.5 Å². The monoisotopic (exact) mass is 301 g/mol. The molecule has 0 atom stereocenters. The van der Waals surface area contributed by atoms with Crippen LogP contribution in [-0.2, 0) is 0 Å². The van der Waals surface area contributed by atoms with Crippen molar-refractivity contribution in [1.82, 2.24) is 4.98 Å². The molecule has 1 heterocycles. The largest absolute Gasteiger partial charge is 0.289 e. The molecule has 18 heavy (non-hydrogen) atoms. The molecule has 0 aliphatic rings. The lowest BCUT2D eigenvalue weighted by atomic mass is 9.99. The van der Waals surface area contributed by atoms with Crippen LogP contribution in [0.2, 0.25) is 0 Å². The van der Waals surface area contributed by atoms with Crippen molar-refractivity contribution in [2.24, 2.45) is 0 Å². The number of aryl methyl sites for hydroxylation is 2. The Kier molecular flexibility index (Phi) is 3.54. The molecule has 2 nitrogen and oxygen atoms in total. The predicted molar refractivity (Wildman–Crippen MR) is 75.8 cm³/mol. The van der Waals surface area contributed by atoms with E-state index in [4.69, 9.17) is 34.8 Å². The fourth-order valence-corrected chi connectivity index (χ4v) is 2.29. The highest BCUT2D eigenvalue weighted by molar-refractivity contribution is 6.77. The van der Waals surface area contributed by atoms with Crippen LogP contribution < -0.4 is 0 Å². The number of fused-ring (bicyclic) bond motifs is 1. The SMILES string of the molecule is Cc1nc2ccccc2c(C)c1C(=O)C(Cl)(Cl)Cl. The van der Waals surface area contributed by atoms with E-state index in [9.17, 15) is 4.79 Å². The van der Waals surface area contributed by atoms with Gasteiger partial charge in [-0.2, -0.15) is 0 Å². The first-order valence-electron chi connectivity index (χ1n) is 5.30. The van der Waals surface area contributed by atoms with Crippen LogP contribution in [0, 0.1) is 13.8 Å². The van der Waals surface area contributed by atoms with Gasteiger partial charge in [0.15, 0.2) is 0 Å². The number of halogens is 3.